The molecule has 22 heavy (non-hydrogen) atoms. The van der Waals surface area contributed by atoms with E-state index < -0.39 is 22.8 Å². The molecule has 0 heterocycles. The van der Waals surface area contributed by atoms with Gasteiger partial charge in [0.2, 0.25) is 0 Å². The van der Waals surface area contributed by atoms with Crippen LogP contribution in [0, 0.1) is 0 Å². The summed E-state index contributed by atoms with van der Waals surface area (Å²) in [5.74, 6) is -2.31. The molecule has 0 fully saturated rings. The zero-order valence-corrected chi connectivity index (χ0v) is 15.8. The lowest BCUT2D eigenvalue weighted by atomic mass is 9.76. The van der Waals surface area contributed by atoms with Gasteiger partial charge in [0.05, 0.1) is 16.1 Å². The molecular formula is C16H20BrClO4. The third-order valence-electron chi connectivity index (χ3n) is 3.31. The SMILES string of the molecule is CC(C)(C)c1c(Cl)c(C(=O)O)c(C(C)(C)C)c(Br)c1C(=O)O. The van der Waals surface area contributed by atoms with Gasteiger partial charge in [-0.15, -0.1) is 0 Å². The summed E-state index contributed by atoms with van der Waals surface area (Å²) in [4.78, 5) is 23.5. The van der Waals surface area contributed by atoms with Crippen LogP contribution >= 0.6 is 27.5 Å². The smallest absolute Gasteiger partial charge is 0.337 e. The number of rotatable bonds is 2. The first-order chi connectivity index (χ1) is 9.71. The topological polar surface area (TPSA) is 74.6 Å². The van der Waals surface area contributed by atoms with Crippen LogP contribution in [0.1, 0.15) is 73.4 Å². The van der Waals surface area contributed by atoms with Gasteiger partial charge in [-0.3, -0.25) is 0 Å². The van der Waals surface area contributed by atoms with Crippen molar-refractivity contribution in [1.82, 2.24) is 0 Å². The molecule has 0 radical (unpaired) electrons. The van der Waals surface area contributed by atoms with Crippen LogP contribution in [0.2, 0.25) is 5.02 Å². The number of carbonyl (C=O) groups is 2. The summed E-state index contributed by atoms with van der Waals surface area (Å²) in [6, 6.07) is 0. The Balaban J connectivity index is 4.18. The minimum Gasteiger partial charge on any atom is -0.478 e. The molecule has 0 aliphatic heterocycles. The van der Waals surface area contributed by atoms with Crippen LogP contribution in [0.15, 0.2) is 4.47 Å². The summed E-state index contributed by atoms with van der Waals surface area (Å²) in [6.45, 7) is 10.9. The summed E-state index contributed by atoms with van der Waals surface area (Å²) in [5.41, 5.74) is -0.525. The number of carboxylic acids is 2. The normalized spacial score (nSPS) is 12.4. The number of hydrogen-bond acceptors (Lipinski definition) is 2. The number of aromatic carboxylic acids is 2. The quantitative estimate of drug-likeness (QED) is 0.736. The lowest BCUT2D eigenvalue weighted by molar-refractivity contribution is 0.0676. The van der Waals surface area contributed by atoms with E-state index in [1.54, 1.807) is 20.8 Å². The third-order valence-corrected chi connectivity index (χ3v) is 4.48. The van der Waals surface area contributed by atoms with Crippen molar-refractivity contribution in [2.24, 2.45) is 0 Å². The van der Waals surface area contributed by atoms with Crippen molar-refractivity contribution in [1.29, 1.82) is 0 Å². The number of benzene rings is 1. The average molecular weight is 392 g/mol. The standard InChI is InChI=1S/C16H20BrClO4/c1-15(2,3)9-8(14(21)22)12(18)10(16(4,5)6)7(11(9)17)13(19)20/h1-6H3,(H,19,20)(H,21,22). The highest BCUT2D eigenvalue weighted by molar-refractivity contribution is 9.10. The van der Waals surface area contributed by atoms with Crippen molar-refractivity contribution in [2.75, 3.05) is 0 Å². The molecule has 0 spiro atoms. The first-order valence-electron chi connectivity index (χ1n) is 6.73. The summed E-state index contributed by atoms with van der Waals surface area (Å²) in [6.07, 6.45) is 0. The number of halogens is 2. The van der Waals surface area contributed by atoms with E-state index in [9.17, 15) is 19.8 Å². The van der Waals surface area contributed by atoms with E-state index in [1.807, 2.05) is 20.8 Å². The van der Waals surface area contributed by atoms with Gasteiger partial charge in [0.25, 0.3) is 0 Å². The second-order valence-electron chi connectivity index (χ2n) is 7.24. The lowest BCUT2D eigenvalue weighted by Gasteiger charge is -2.30. The van der Waals surface area contributed by atoms with Crippen molar-refractivity contribution in [2.45, 2.75) is 52.4 Å². The molecule has 122 valence electrons. The van der Waals surface area contributed by atoms with Gasteiger partial charge in [-0.25, -0.2) is 9.59 Å². The summed E-state index contributed by atoms with van der Waals surface area (Å²) >= 11 is 9.67. The lowest BCUT2D eigenvalue weighted by Crippen LogP contribution is -2.26. The van der Waals surface area contributed by atoms with Gasteiger partial charge in [0, 0.05) is 4.47 Å². The van der Waals surface area contributed by atoms with Gasteiger partial charge in [-0.2, -0.15) is 0 Å². The van der Waals surface area contributed by atoms with E-state index in [4.69, 9.17) is 11.6 Å². The van der Waals surface area contributed by atoms with Gasteiger partial charge in [-0.1, -0.05) is 53.1 Å². The number of carboxylic acid groups (broad SMARTS) is 2. The minimum absolute atomic E-state index is 0.00877. The van der Waals surface area contributed by atoms with Gasteiger partial charge in [0.1, 0.15) is 0 Å². The van der Waals surface area contributed by atoms with Crippen LogP contribution in [0.4, 0.5) is 0 Å². The minimum atomic E-state index is -1.17. The Kier molecular flexibility index (Phi) is 5.05. The fourth-order valence-electron chi connectivity index (χ4n) is 2.50. The highest BCUT2D eigenvalue weighted by atomic mass is 79.9. The van der Waals surface area contributed by atoms with E-state index in [0.29, 0.717) is 11.1 Å². The Morgan fingerprint density at radius 2 is 1.23 bits per heavy atom. The molecular weight excluding hydrogens is 372 g/mol. The molecule has 2 N–H and O–H groups in total. The van der Waals surface area contributed by atoms with Crippen molar-refractivity contribution >= 4 is 39.5 Å². The maximum atomic E-state index is 11.8. The molecule has 0 amide bonds. The van der Waals surface area contributed by atoms with Crippen LogP contribution in [0.5, 0.6) is 0 Å². The molecule has 0 atom stereocenters. The average Bonchev–Trinajstić information content (AvgIpc) is 2.26. The number of hydrogen-bond donors (Lipinski definition) is 2. The van der Waals surface area contributed by atoms with Crippen LogP contribution in [-0.4, -0.2) is 22.2 Å². The molecule has 1 rings (SSSR count). The fraction of sp³-hybridized carbons (Fsp3) is 0.500. The van der Waals surface area contributed by atoms with E-state index in [0.717, 1.165) is 0 Å². The molecule has 1 aromatic carbocycles. The third kappa shape index (κ3) is 3.30. The summed E-state index contributed by atoms with van der Waals surface area (Å²) in [5, 5.41) is 19.2. The molecule has 0 saturated carbocycles. The van der Waals surface area contributed by atoms with Crippen molar-refractivity contribution < 1.29 is 19.8 Å². The van der Waals surface area contributed by atoms with Gasteiger partial charge < -0.3 is 10.2 Å². The molecule has 0 unspecified atom stereocenters. The van der Waals surface area contributed by atoms with E-state index in [-0.39, 0.29) is 20.6 Å². The van der Waals surface area contributed by atoms with Gasteiger partial charge in [-0.05, 0) is 37.9 Å². The Morgan fingerprint density at radius 3 is 1.50 bits per heavy atom. The van der Waals surface area contributed by atoms with E-state index >= 15 is 0 Å². The Hall–Kier alpha value is -1.07. The molecule has 4 nitrogen and oxygen atoms in total. The maximum Gasteiger partial charge on any atom is 0.337 e. The summed E-state index contributed by atoms with van der Waals surface area (Å²) < 4.78 is 0.277. The van der Waals surface area contributed by atoms with Crippen LogP contribution < -0.4 is 0 Å². The largest absolute Gasteiger partial charge is 0.478 e. The molecule has 0 bridgehead atoms. The van der Waals surface area contributed by atoms with Gasteiger partial charge in [0.15, 0.2) is 0 Å². The Labute approximate surface area is 143 Å². The van der Waals surface area contributed by atoms with E-state index in [1.165, 1.54) is 0 Å². The second kappa shape index (κ2) is 5.85. The summed E-state index contributed by atoms with van der Waals surface area (Å²) in [7, 11) is 0. The first-order valence-corrected chi connectivity index (χ1v) is 7.90. The highest BCUT2D eigenvalue weighted by Crippen LogP contribution is 2.45. The molecule has 0 aromatic heterocycles. The zero-order valence-electron chi connectivity index (χ0n) is 13.5. The van der Waals surface area contributed by atoms with Crippen molar-refractivity contribution in [3.8, 4) is 0 Å². The predicted octanol–water partition coefficient (Wildman–Crippen LogP) is 5.09. The molecule has 0 saturated heterocycles. The Bertz CT molecular complexity index is 594. The first kappa shape index (κ1) is 19.0. The molecule has 6 heteroatoms. The van der Waals surface area contributed by atoms with Crippen LogP contribution in [-0.2, 0) is 10.8 Å². The molecule has 0 aliphatic rings. The van der Waals surface area contributed by atoms with Crippen LogP contribution in [0.3, 0.4) is 0 Å². The van der Waals surface area contributed by atoms with E-state index in [2.05, 4.69) is 15.9 Å². The van der Waals surface area contributed by atoms with Gasteiger partial charge >= 0.3 is 11.9 Å². The van der Waals surface area contributed by atoms with Crippen molar-refractivity contribution in [3.63, 3.8) is 0 Å². The van der Waals surface area contributed by atoms with Crippen LogP contribution in [0.25, 0.3) is 0 Å². The zero-order chi connectivity index (χ0) is 17.6. The molecule has 0 aliphatic carbocycles. The second-order valence-corrected chi connectivity index (χ2v) is 8.41. The predicted molar refractivity (Wildman–Crippen MR) is 90.5 cm³/mol. The molecule has 1 aromatic rings. The van der Waals surface area contributed by atoms with Crippen molar-refractivity contribution in [3.05, 3.63) is 31.7 Å². The highest BCUT2D eigenvalue weighted by Gasteiger charge is 2.36. The fourth-order valence-corrected chi connectivity index (χ4v) is 4.21. The monoisotopic (exact) mass is 390 g/mol. The Morgan fingerprint density at radius 1 is 0.864 bits per heavy atom. The maximum absolute atomic E-state index is 11.8.